The number of hydrogen-bond acceptors (Lipinski definition) is 4. The SMILES string of the molecule is COC(=O)c1cc(C(=O)NCCN(C)C)cc(-n2cccc2)c1. The molecule has 1 heterocycles. The normalized spacial score (nSPS) is 10.6. The lowest BCUT2D eigenvalue weighted by atomic mass is 10.1. The molecule has 2 rings (SSSR count). The fourth-order valence-electron chi connectivity index (χ4n) is 2.13. The number of carbonyl (C=O) groups excluding carboxylic acids is 2. The number of ether oxygens (including phenoxy) is 1. The molecule has 1 amide bonds. The highest BCUT2D eigenvalue weighted by atomic mass is 16.5. The molecule has 1 aromatic heterocycles. The molecule has 0 bridgehead atoms. The number of esters is 1. The lowest BCUT2D eigenvalue weighted by Crippen LogP contribution is -2.31. The van der Waals surface area contributed by atoms with E-state index in [0.717, 1.165) is 12.2 Å². The van der Waals surface area contributed by atoms with Crippen LogP contribution < -0.4 is 5.32 Å². The summed E-state index contributed by atoms with van der Waals surface area (Å²) in [6, 6.07) is 8.74. The maximum atomic E-state index is 12.3. The molecular formula is C17H21N3O3. The van der Waals surface area contributed by atoms with Crippen molar-refractivity contribution in [2.75, 3.05) is 34.3 Å². The molecule has 0 atom stereocenters. The highest BCUT2D eigenvalue weighted by Crippen LogP contribution is 2.16. The molecule has 0 saturated carbocycles. The van der Waals surface area contributed by atoms with E-state index in [-0.39, 0.29) is 5.91 Å². The first-order valence-electron chi connectivity index (χ1n) is 7.31. The molecule has 1 aromatic carbocycles. The third-order valence-electron chi connectivity index (χ3n) is 3.35. The number of carbonyl (C=O) groups is 2. The summed E-state index contributed by atoms with van der Waals surface area (Å²) in [4.78, 5) is 26.1. The van der Waals surface area contributed by atoms with Crippen molar-refractivity contribution in [1.29, 1.82) is 0 Å². The monoisotopic (exact) mass is 315 g/mol. The summed E-state index contributed by atoms with van der Waals surface area (Å²) in [5.41, 5.74) is 1.50. The molecular weight excluding hydrogens is 294 g/mol. The highest BCUT2D eigenvalue weighted by molar-refractivity contribution is 5.98. The molecule has 0 aliphatic carbocycles. The number of benzene rings is 1. The second-order valence-electron chi connectivity index (χ2n) is 5.41. The van der Waals surface area contributed by atoms with E-state index in [1.165, 1.54) is 7.11 Å². The van der Waals surface area contributed by atoms with Crippen molar-refractivity contribution in [3.05, 3.63) is 53.9 Å². The molecule has 2 aromatic rings. The van der Waals surface area contributed by atoms with Crippen molar-refractivity contribution in [3.8, 4) is 5.69 Å². The standard InChI is InChI=1S/C17H21N3O3/c1-19(2)9-6-18-16(21)13-10-14(17(22)23-3)12-15(11-13)20-7-4-5-8-20/h4-5,7-8,10-12H,6,9H2,1-3H3,(H,18,21). The number of amides is 1. The molecule has 6 heteroatoms. The summed E-state index contributed by atoms with van der Waals surface area (Å²) in [7, 11) is 5.20. The average Bonchev–Trinajstić information content (AvgIpc) is 3.07. The van der Waals surface area contributed by atoms with Crippen LogP contribution in [0.2, 0.25) is 0 Å². The van der Waals surface area contributed by atoms with Crippen LogP contribution in [0.4, 0.5) is 0 Å². The van der Waals surface area contributed by atoms with E-state index in [2.05, 4.69) is 5.32 Å². The Kier molecular flexibility index (Phi) is 5.54. The quantitative estimate of drug-likeness (QED) is 0.822. The molecule has 0 aliphatic heterocycles. The molecule has 122 valence electrons. The largest absolute Gasteiger partial charge is 0.465 e. The first-order valence-corrected chi connectivity index (χ1v) is 7.31. The predicted molar refractivity (Wildman–Crippen MR) is 88.0 cm³/mol. The summed E-state index contributed by atoms with van der Waals surface area (Å²) >= 11 is 0. The maximum absolute atomic E-state index is 12.3. The third-order valence-corrected chi connectivity index (χ3v) is 3.35. The van der Waals surface area contributed by atoms with Crippen LogP contribution in [-0.2, 0) is 4.74 Å². The highest BCUT2D eigenvalue weighted by Gasteiger charge is 2.14. The maximum Gasteiger partial charge on any atom is 0.337 e. The topological polar surface area (TPSA) is 63.6 Å². The van der Waals surface area contributed by atoms with Crippen LogP contribution in [0.15, 0.2) is 42.7 Å². The van der Waals surface area contributed by atoms with Crippen LogP contribution in [-0.4, -0.2) is 55.6 Å². The number of nitrogens with zero attached hydrogens (tertiary/aromatic N) is 2. The van der Waals surface area contributed by atoms with Crippen molar-refractivity contribution in [1.82, 2.24) is 14.8 Å². The van der Waals surface area contributed by atoms with Gasteiger partial charge in [0.1, 0.15) is 0 Å². The molecule has 0 aliphatic rings. The van der Waals surface area contributed by atoms with Gasteiger partial charge < -0.3 is 19.5 Å². The zero-order valence-corrected chi connectivity index (χ0v) is 13.6. The fourth-order valence-corrected chi connectivity index (χ4v) is 2.13. The molecule has 0 radical (unpaired) electrons. The molecule has 0 unspecified atom stereocenters. The van der Waals surface area contributed by atoms with Crippen molar-refractivity contribution in [2.24, 2.45) is 0 Å². The van der Waals surface area contributed by atoms with E-state index in [4.69, 9.17) is 4.74 Å². The Bertz CT molecular complexity index is 678. The van der Waals surface area contributed by atoms with Gasteiger partial charge in [0.05, 0.1) is 12.7 Å². The Morgan fingerprint density at radius 2 is 1.78 bits per heavy atom. The van der Waals surface area contributed by atoms with E-state index in [1.807, 2.05) is 48.1 Å². The Hall–Kier alpha value is -2.60. The van der Waals surface area contributed by atoms with Crippen LogP contribution in [0.3, 0.4) is 0 Å². The smallest absolute Gasteiger partial charge is 0.337 e. The zero-order chi connectivity index (χ0) is 16.8. The molecule has 1 N–H and O–H groups in total. The van der Waals surface area contributed by atoms with Gasteiger partial charge in [-0.05, 0) is 44.4 Å². The lowest BCUT2D eigenvalue weighted by molar-refractivity contribution is 0.0600. The average molecular weight is 315 g/mol. The molecule has 0 spiro atoms. The van der Waals surface area contributed by atoms with Gasteiger partial charge >= 0.3 is 5.97 Å². The summed E-state index contributed by atoms with van der Waals surface area (Å²) < 4.78 is 6.61. The van der Waals surface area contributed by atoms with E-state index >= 15 is 0 Å². The number of methoxy groups -OCH3 is 1. The van der Waals surface area contributed by atoms with Crippen molar-refractivity contribution in [3.63, 3.8) is 0 Å². The van der Waals surface area contributed by atoms with Gasteiger partial charge in [-0.3, -0.25) is 4.79 Å². The van der Waals surface area contributed by atoms with Gasteiger partial charge in [-0.1, -0.05) is 0 Å². The first kappa shape index (κ1) is 16.8. The van der Waals surface area contributed by atoms with E-state index < -0.39 is 5.97 Å². The number of hydrogen-bond donors (Lipinski definition) is 1. The van der Waals surface area contributed by atoms with Gasteiger partial charge in [-0.25, -0.2) is 4.79 Å². The van der Waals surface area contributed by atoms with Crippen LogP contribution in [0.25, 0.3) is 5.69 Å². The van der Waals surface area contributed by atoms with Gasteiger partial charge in [0.25, 0.3) is 5.91 Å². The summed E-state index contributed by atoms with van der Waals surface area (Å²) in [6.45, 7) is 1.28. The second-order valence-corrected chi connectivity index (χ2v) is 5.41. The fraction of sp³-hybridized carbons (Fsp3) is 0.294. The molecule has 23 heavy (non-hydrogen) atoms. The van der Waals surface area contributed by atoms with Gasteiger partial charge in [-0.2, -0.15) is 0 Å². The van der Waals surface area contributed by atoms with E-state index in [0.29, 0.717) is 17.7 Å². The molecule has 6 nitrogen and oxygen atoms in total. The van der Waals surface area contributed by atoms with Crippen LogP contribution in [0.5, 0.6) is 0 Å². The van der Waals surface area contributed by atoms with Crippen LogP contribution in [0, 0.1) is 0 Å². The van der Waals surface area contributed by atoms with Crippen molar-refractivity contribution >= 4 is 11.9 Å². The molecule has 0 saturated heterocycles. The van der Waals surface area contributed by atoms with E-state index in [9.17, 15) is 9.59 Å². The Morgan fingerprint density at radius 3 is 2.39 bits per heavy atom. The minimum atomic E-state index is -0.471. The first-order chi connectivity index (χ1) is 11.0. The van der Waals surface area contributed by atoms with Gasteiger partial charge in [0, 0.05) is 36.7 Å². The number of rotatable bonds is 6. The van der Waals surface area contributed by atoms with Gasteiger partial charge in [0.15, 0.2) is 0 Å². The predicted octanol–water partition coefficient (Wildman–Crippen LogP) is 1.56. The van der Waals surface area contributed by atoms with Crippen molar-refractivity contribution in [2.45, 2.75) is 0 Å². The Morgan fingerprint density at radius 1 is 1.13 bits per heavy atom. The Balaban J connectivity index is 2.29. The van der Waals surface area contributed by atoms with E-state index in [1.54, 1.807) is 18.2 Å². The Labute approximate surface area is 135 Å². The van der Waals surface area contributed by atoms with Gasteiger partial charge in [0.2, 0.25) is 0 Å². The second kappa shape index (κ2) is 7.60. The van der Waals surface area contributed by atoms with Crippen LogP contribution in [0.1, 0.15) is 20.7 Å². The lowest BCUT2D eigenvalue weighted by Gasteiger charge is -2.12. The third kappa shape index (κ3) is 4.43. The number of likely N-dealkylation sites (N-methyl/N-ethyl adjacent to an activating group) is 1. The number of aromatic nitrogens is 1. The minimum absolute atomic E-state index is 0.217. The number of nitrogens with one attached hydrogen (secondary N) is 1. The summed E-state index contributed by atoms with van der Waals surface area (Å²) in [5, 5.41) is 2.84. The minimum Gasteiger partial charge on any atom is -0.465 e. The van der Waals surface area contributed by atoms with Gasteiger partial charge in [-0.15, -0.1) is 0 Å². The zero-order valence-electron chi connectivity index (χ0n) is 13.6. The summed E-state index contributed by atoms with van der Waals surface area (Å²) in [6.07, 6.45) is 3.70. The molecule has 0 fully saturated rings. The van der Waals surface area contributed by atoms with Crippen molar-refractivity contribution < 1.29 is 14.3 Å². The van der Waals surface area contributed by atoms with Crippen LogP contribution >= 0.6 is 0 Å². The summed E-state index contributed by atoms with van der Waals surface area (Å²) in [5.74, 6) is -0.688.